The van der Waals surface area contributed by atoms with Gasteiger partial charge in [0.05, 0.1) is 4.90 Å². The molecule has 5 rings (SSSR count). The molecular weight excluding hydrogens is 384 g/mol. The smallest absolute Gasteiger partial charge is 0.307 e. The van der Waals surface area contributed by atoms with Crippen molar-refractivity contribution in [3.05, 3.63) is 70.8 Å². The summed E-state index contributed by atoms with van der Waals surface area (Å²) in [7, 11) is -4.00. The number of anilines is 1. The predicted octanol–water partition coefficient (Wildman–Crippen LogP) is 4.33. The molecule has 0 saturated heterocycles. The highest BCUT2D eigenvalue weighted by Gasteiger charge is 2.26. The summed E-state index contributed by atoms with van der Waals surface area (Å²) >= 11 is 0. The Hall–Kier alpha value is -2.86. The Kier molecular flexibility index (Phi) is 4.32. The van der Waals surface area contributed by atoms with Crippen molar-refractivity contribution in [1.29, 1.82) is 0 Å². The number of carbonyl (C=O) groups excluding carboxylic acids is 1. The third-order valence-electron chi connectivity index (χ3n) is 5.98. The van der Waals surface area contributed by atoms with E-state index in [1.165, 1.54) is 28.3 Å². The summed E-state index contributed by atoms with van der Waals surface area (Å²) in [5.74, 6) is 0. The van der Waals surface area contributed by atoms with Crippen molar-refractivity contribution in [2.45, 2.75) is 43.4 Å². The fourth-order valence-electron chi connectivity index (χ4n) is 4.71. The first-order chi connectivity index (χ1) is 14.0. The highest BCUT2D eigenvalue weighted by atomic mass is 32.2. The lowest BCUT2D eigenvalue weighted by Gasteiger charge is -2.17. The zero-order valence-electron chi connectivity index (χ0n) is 16.0. The van der Waals surface area contributed by atoms with E-state index in [4.69, 9.17) is 0 Å². The Morgan fingerprint density at radius 3 is 2.21 bits per heavy atom. The zero-order chi connectivity index (χ0) is 20.0. The minimum absolute atomic E-state index is 0.106. The molecule has 0 atom stereocenters. The van der Waals surface area contributed by atoms with Crippen molar-refractivity contribution < 1.29 is 13.2 Å². The van der Waals surface area contributed by atoms with Gasteiger partial charge < -0.3 is 5.32 Å². The summed E-state index contributed by atoms with van der Waals surface area (Å²) in [6, 6.07) is 13.9. The minimum Gasteiger partial charge on any atom is -0.307 e. The Balaban J connectivity index is 1.46. The van der Waals surface area contributed by atoms with Crippen molar-refractivity contribution in [2.24, 2.45) is 0 Å². The van der Waals surface area contributed by atoms with Gasteiger partial charge in [-0.2, -0.15) is 0 Å². The van der Waals surface area contributed by atoms with Crippen molar-refractivity contribution in [2.75, 3.05) is 5.32 Å². The molecule has 0 saturated carbocycles. The molecule has 2 aliphatic rings. The number of nitrogens with one attached hydrogen (secondary N) is 2. The lowest BCUT2D eigenvalue weighted by atomic mass is 9.99. The number of benzene rings is 3. The van der Waals surface area contributed by atoms with Crippen LogP contribution < -0.4 is 10.0 Å². The molecule has 29 heavy (non-hydrogen) atoms. The van der Waals surface area contributed by atoms with Crippen LogP contribution in [0.2, 0.25) is 0 Å². The Bertz CT molecular complexity index is 1210. The van der Waals surface area contributed by atoms with Gasteiger partial charge in [0.1, 0.15) is 0 Å². The van der Waals surface area contributed by atoms with Crippen LogP contribution in [0.4, 0.5) is 10.5 Å². The molecule has 2 aliphatic carbocycles. The van der Waals surface area contributed by atoms with Crippen LogP contribution in [0.1, 0.15) is 35.1 Å². The van der Waals surface area contributed by atoms with Crippen molar-refractivity contribution >= 4 is 32.5 Å². The van der Waals surface area contributed by atoms with Gasteiger partial charge in [-0.15, -0.1) is 0 Å². The minimum atomic E-state index is -4.00. The van der Waals surface area contributed by atoms with Crippen LogP contribution in [0.25, 0.3) is 10.8 Å². The largest absolute Gasteiger partial charge is 0.333 e. The molecule has 0 aromatic heterocycles. The molecule has 0 heterocycles. The van der Waals surface area contributed by atoms with Gasteiger partial charge in [-0.05, 0) is 72.2 Å². The van der Waals surface area contributed by atoms with Gasteiger partial charge in [0, 0.05) is 11.1 Å². The van der Waals surface area contributed by atoms with Crippen LogP contribution in [0.5, 0.6) is 0 Å². The molecule has 0 radical (unpaired) electrons. The van der Waals surface area contributed by atoms with Gasteiger partial charge >= 0.3 is 6.03 Å². The first kappa shape index (κ1) is 18.2. The molecule has 0 spiro atoms. The Morgan fingerprint density at radius 1 is 0.828 bits per heavy atom. The third kappa shape index (κ3) is 3.17. The second kappa shape index (κ2) is 6.88. The van der Waals surface area contributed by atoms with Crippen molar-refractivity contribution in [3.8, 4) is 0 Å². The fraction of sp³-hybridized carbons (Fsp3) is 0.261. The van der Waals surface area contributed by atoms with E-state index in [-0.39, 0.29) is 4.90 Å². The maximum absolute atomic E-state index is 12.9. The summed E-state index contributed by atoms with van der Waals surface area (Å²) in [4.78, 5) is 12.8. The van der Waals surface area contributed by atoms with E-state index in [0.717, 1.165) is 49.6 Å². The molecule has 2 amide bonds. The molecular formula is C23H22N2O3S. The van der Waals surface area contributed by atoms with Crippen LogP contribution in [0.15, 0.2) is 53.4 Å². The highest BCUT2D eigenvalue weighted by Crippen LogP contribution is 2.38. The monoisotopic (exact) mass is 406 g/mol. The normalized spacial score (nSPS) is 15.2. The molecule has 3 aromatic rings. The highest BCUT2D eigenvalue weighted by molar-refractivity contribution is 7.90. The number of aryl methyl sites for hydroxylation is 2. The number of carbonyl (C=O) groups is 1. The van der Waals surface area contributed by atoms with Crippen LogP contribution in [0, 0.1) is 0 Å². The summed E-state index contributed by atoms with van der Waals surface area (Å²) < 4.78 is 28.1. The number of hydrogen-bond donors (Lipinski definition) is 2. The van der Waals surface area contributed by atoms with Gasteiger partial charge in [-0.3, -0.25) is 0 Å². The van der Waals surface area contributed by atoms with E-state index >= 15 is 0 Å². The van der Waals surface area contributed by atoms with Gasteiger partial charge in [-0.1, -0.05) is 42.5 Å². The van der Waals surface area contributed by atoms with E-state index in [1.54, 1.807) is 18.2 Å². The lowest BCUT2D eigenvalue weighted by molar-refractivity contribution is 0.256. The molecule has 6 heteroatoms. The maximum Gasteiger partial charge on any atom is 0.333 e. The average molecular weight is 407 g/mol. The number of urea groups is 1. The zero-order valence-corrected chi connectivity index (χ0v) is 16.8. The second-order valence-corrected chi connectivity index (χ2v) is 9.42. The third-order valence-corrected chi connectivity index (χ3v) is 7.37. The first-order valence-electron chi connectivity index (χ1n) is 10.0. The van der Waals surface area contributed by atoms with Crippen LogP contribution >= 0.6 is 0 Å². The number of amides is 2. The van der Waals surface area contributed by atoms with E-state index < -0.39 is 16.1 Å². The van der Waals surface area contributed by atoms with Gasteiger partial charge in [-0.25, -0.2) is 17.9 Å². The molecule has 0 aliphatic heterocycles. The quantitative estimate of drug-likeness (QED) is 0.680. The average Bonchev–Trinajstić information content (AvgIpc) is 3.36. The molecule has 3 aromatic carbocycles. The van der Waals surface area contributed by atoms with E-state index in [0.29, 0.717) is 5.39 Å². The van der Waals surface area contributed by atoms with E-state index in [2.05, 4.69) is 16.1 Å². The van der Waals surface area contributed by atoms with E-state index in [9.17, 15) is 13.2 Å². The lowest BCUT2D eigenvalue weighted by Crippen LogP contribution is -2.35. The Labute approximate surface area is 170 Å². The molecule has 0 bridgehead atoms. The molecule has 148 valence electrons. The van der Waals surface area contributed by atoms with Crippen molar-refractivity contribution in [3.63, 3.8) is 0 Å². The van der Waals surface area contributed by atoms with E-state index in [1.807, 2.05) is 18.2 Å². The standard InChI is InChI=1S/C23H22N2O3S/c26-23(24-22-19-11-3-8-16(19)14-17-9-4-12-20(17)22)25-29(27,28)21-13-5-7-15-6-1-2-10-18(15)21/h1-2,5-7,10,13-14H,3-4,8-9,11-12H2,(H2,24,25,26). The topological polar surface area (TPSA) is 75.3 Å². The van der Waals surface area contributed by atoms with Crippen LogP contribution in [0.3, 0.4) is 0 Å². The van der Waals surface area contributed by atoms with Gasteiger partial charge in [0.25, 0.3) is 10.0 Å². The summed E-state index contributed by atoms with van der Waals surface area (Å²) in [6.07, 6.45) is 6.04. The molecule has 5 nitrogen and oxygen atoms in total. The number of hydrogen-bond acceptors (Lipinski definition) is 3. The molecule has 0 fully saturated rings. The Morgan fingerprint density at radius 2 is 1.48 bits per heavy atom. The van der Waals surface area contributed by atoms with Gasteiger partial charge in [0.15, 0.2) is 0 Å². The SMILES string of the molecule is O=C(Nc1c2c(cc3c1CCC3)CCC2)NS(=O)(=O)c1cccc2ccccc12. The van der Waals surface area contributed by atoms with Gasteiger partial charge in [0.2, 0.25) is 0 Å². The number of rotatable bonds is 3. The first-order valence-corrected chi connectivity index (χ1v) is 11.5. The number of sulfonamides is 1. The summed E-state index contributed by atoms with van der Waals surface area (Å²) in [5.41, 5.74) is 5.75. The fourth-order valence-corrected chi connectivity index (χ4v) is 5.85. The van der Waals surface area contributed by atoms with Crippen LogP contribution in [-0.4, -0.2) is 14.4 Å². The summed E-state index contributed by atoms with van der Waals surface area (Å²) in [6.45, 7) is 0. The maximum atomic E-state index is 12.9. The predicted molar refractivity (Wildman–Crippen MR) is 114 cm³/mol. The van der Waals surface area contributed by atoms with Crippen LogP contribution in [-0.2, 0) is 35.7 Å². The number of fused-ring (bicyclic) bond motifs is 3. The molecule has 2 N–H and O–H groups in total. The van der Waals surface area contributed by atoms with Crippen molar-refractivity contribution in [1.82, 2.24) is 4.72 Å². The second-order valence-electron chi connectivity index (χ2n) is 7.77. The summed E-state index contributed by atoms with van der Waals surface area (Å²) in [5, 5.41) is 4.30. The molecule has 0 unspecified atom stereocenters.